The van der Waals surface area contributed by atoms with Gasteiger partial charge in [0.05, 0.1) is 10.6 Å². The van der Waals surface area contributed by atoms with Gasteiger partial charge < -0.3 is 26.2 Å². The fourth-order valence-corrected chi connectivity index (χ4v) is 3.88. The molecule has 0 aliphatic heterocycles. The first-order chi connectivity index (χ1) is 19.4. The van der Waals surface area contributed by atoms with Crippen LogP contribution in [0.4, 0.5) is 4.79 Å². The van der Waals surface area contributed by atoms with Crippen LogP contribution in [-0.4, -0.2) is 32.5 Å². The molecule has 1 amide bonds. The van der Waals surface area contributed by atoms with Crippen molar-refractivity contribution in [2.75, 3.05) is 0 Å². The number of rotatable bonds is 14. The number of aromatic hydroxyl groups is 1. The molecule has 0 aromatic heterocycles. The van der Waals surface area contributed by atoms with Crippen molar-refractivity contribution in [3.63, 3.8) is 0 Å². The summed E-state index contributed by atoms with van der Waals surface area (Å²) < 4.78 is 0.508. The van der Waals surface area contributed by atoms with Gasteiger partial charge in [0.1, 0.15) is 5.75 Å². The summed E-state index contributed by atoms with van der Waals surface area (Å²) in [5, 5.41) is 36.3. The van der Waals surface area contributed by atoms with Gasteiger partial charge in [-0.2, -0.15) is 0 Å². The minimum Gasteiger partial charge on any atom is -0.507 e. The summed E-state index contributed by atoms with van der Waals surface area (Å²) in [6.07, 6.45) is 20.2. The number of aliphatic hydroxyl groups is 1. The van der Waals surface area contributed by atoms with Gasteiger partial charge in [-0.25, -0.2) is 9.59 Å². The molecule has 0 aliphatic rings. The number of benzene rings is 1. The number of primary amides is 1. The third kappa shape index (κ3) is 21.9. The third-order valence-corrected chi connectivity index (χ3v) is 6.48. The van der Waals surface area contributed by atoms with Gasteiger partial charge in [-0.3, -0.25) is 0 Å². The Bertz CT molecular complexity index is 1070. The number of halogens is 1. The van der Waals surface area contributed by atoms with Crippen molar-refractivity contribution < 1.29 is 30.0 Å². The molecule has 2 atom stereocenters. The van der Waals surface area contributed by atoms with E-state index in [1.807, 2.05) is 26.0 Å². The molecule has 6 N–H and O–H groups in total. The van der Waals surface area contributed by atoms with Gasteiger partial charge in [-0.15, -0.1) is 13.2 Å². The van der Waals surface area contributed by atoms with Crippen molar-refractivity contribution in [1.82, 2.24) is 0 Å². The fourth-order valence-electron chi connectivity index (χ4n) is 3.40. The summed E-state index contributed by atoms with van der Waals surface area (Å²) in [7, 11) is 0. The van der Waals surface area contributed by atoms with E-state index < -0.39 is 23.6 Å². The normalized spacial score (nSPS) is 12.7. The largest absolute Gasteiger partial charge is 0.507 e. The fraction of sp³-hybridized carbons (Fsp3) is 0.394. The molecule has 0 saturated heterocycles. The topological polar surface area (TPSA) is 141 Å². The summed E-state index contributed by atoms with van der Waals surface area (Å²) in [6.45, 7) is 12.0. The molecule has 0 aliphatic carbocycles. The van der Waals surface area contributed by atoms with Crippen LogP contribution >= 0.6 is 15.9 Å². The van der Waals surface area contributed by atoms with E-state index >= 15 is 0 Å². The Kier molecular flexibility index (Phi) is 23.4. The molecule has 1 rings (SSSR count). The third-order valence-electron chi connectivity index (χ3n) is 5.61. The minimum atomic E-state index is -1.33. The van der Waals surface area contributed by atoms with E-state index in [0.717, 1.165) is 38.5 Å². The number of amides is 1. The molecule has 7 nitrogen and oxygen atoms in total. The van der Waals surface area contributed by atoms with Crippen LogP contribution < -0.4 is 5.73 Å². The van der Waals surface area contributed by atoms with Gasteiger partial charge in [0.2, 0.25) is 0 Å². The Morgan fingerprint density at radius 2 is 1.59 bits per heavy atom. The quantitative estimate of drug-likeness (QED) is 0.0605. The molecule has 0 bridgehead atoms. The Morgan fingerprint density at radius 3 is 2.17 bits per heavy atom. The molecule has 226 valence electrons. The van der Waals surface area contributed by atoms with Crippen molar-refractivity contribution in [2.24, 2.45) is 17.1 Å². The lowest BCUT2D eigenvalue weighted by Crippen LogP contribution is -2.19. The highest BCUT2D eigenvalue weighted by Gasteiger charge is 2.28. The highest BCUT2D eigenvalue weighted by molar-refractivity contribution is 9.10. The van der Waals surface area contributed by atoms with Crippen molar-refractivity contribution in [1.29, 1.82) is 0 Å². The lowest BCUT2D eigenvalue weighted by molar-refractivity contribution is -0.131. The maximum absolute atomic E-state index is 10.8. The Balaban J connectivity index is 0. The molecule has 0 saturated carbocycles. The summed E-state index contributed by atoms with van der Waals surface area (Å²) in [6, 6.07) is 5.08. The first-order valence-electron chi connectivity index (χ1n) is 13.4. The van der Waals surface area contributed by atoms with Crippen LogP contribution in [0.5, 0.6) is 5.75 Å². The van der Waals surface area contributed by atoms with Crippen LogP contribution in [0.3, 0.4) is 0 Å². The van der Waals surface area contributed by atoms with Crippen LogP contribution in [0.15, 0.2) is 84.4 Å². The number of aliphatic carboxylic acids is 1. The molecule has 1 aromatic carbocycles. The number of phenols is 1. The van der Waals surface area contributed by atoms with Crippen LogP contribution in [-0.2, 0) is 4.79 Å². The molecule has 0 spiro atoms. The molecule has 41 heavy (non-hydrogen) atoms. The van der Waals surface area contributed by atoms with Gasteiger partial charge >= 0.3 is 12.1 Å². The van der Waals surface area contributed by atoms with Crippen molar-refractivity contribution in [2.45, 2.75) is 71.8 Å². The van der Waals surface area contributed by atoms with Gasteiger partial charge in [0.15, 0.2) is 0 Å². The molecular formula is C33H46BrNO6. The van der Waals surface area contributed by atoms with Gasteiger partial charge in [0.25, 0.3) is 0 Å². The zero-order valence-electron chi connectivity index (χ0n) is 24.4. The molecule has 0 fully saturated rings. The van der Waals surface area contributed by atoms with E-state index in [1.165, 1.54) is 12.5 Å². The second kappa shape index (κ2) is 24.3. The smallest absolute Gasteiger partial charge is 0.402 e. The number of unbranched alkanes of at least 4 members (excludes halogenated alkanes) is 5. The number of nitrogens with two attached hydrogens (primary N) is 1. The van der Waals surface area contributed by atoms with E-state index in [4.69, 9.17) is 15.0 Å². The monoisotopic (exact) mass is 631 g/mol. The predicted octanol–water partition coefficient (Wildman–Crippen LogP) is 8.32. The highest BCUT2D eigenvalue weighted by atomic mass is 79.9. The molecular weight excluding hydrogens is 586 g/mol. The number of allylic oxidation sites excluding steroid dienone is 6. The average molecular weight is 633 g/mol. The first kappa shape index (κ1) is 39.6. The number of carbonyl (C=O) groups is 2. The van der Waals surface area contributed by atoms with E-state index in [2.05, 4.69) is 71.8 Å². The van der Waals surface area contributed by atoms with E-state index in [-0.39, 0.29) is 5.75 Å². The summed E-state index contributed by atoms with van der Waals surface area (Å²) in [5.74, 6) is 5.70. The number of carboxylic acid groups (broad SMARTS) is 2. The maximum atomic E-state index is 10.8. The van der Waals surface area contributed by atoms with Crippen LogP contribution in [0, 0.1) is 23.2 Å². The van der Waals surface area contributed by atoms with Crippen LogP contribution in [0.2, 0.25) is 0 Å². The van der Waals surface area contributed by atoms with Gasteiger partial charge in [-0.05, 0) is 77.7 Å². The first-order valence-corrected chi connectivity index (χ1v) is 14.2. The van der Waals surface area contributed by atoms with Crippen molar-refractivity contribution in [3.8, 4) is 17.6 Å². The number of phenolic OH excluding ortho intramolecular Hbond substituents is 1. The molecule has 2 unspecified atom stereocenters. The van der Waals surface area contributed by atoms with Crippen molar-refractivity contribution in [3.05, 3.63) is 90.0 Å². The lowest BCUT2D eigenvalue weighted by Gasteiger charge is -2.28. The Hall–Kier alpha value is -3.54. The standard InChI is InChI=1S/C30H39BrO4.C2H4.CH3NO2/c1-24(18-13-9-6-4-5-7-11-15-22-27(33)34)19-14-10-8-12-16-23-30(2,3)29(35)25-20-17-21-26(32)28(25)31;1-2;2-1(3)4/h10,13-18,20-24,29,32,35H,4-7,9,11,19H2,1-3H3,(H,33,34);1-2H2;2H2,(H,3,4)/b14-10+,18-13+,22-15-,23-16+;;. The number of aliphatic hydroxyl groups excluding tert-OH is 1. The molecule has 1 aromatic rings. The van der Waals surface area contributed by atoms with E-state index in [1.54, 1.807) is 30.4 Å². The molecule has 0 heterocycles. The average Bonchev–Trinajstić information content (AvgIpc) is 2.91. The summed E-state index contributed by atoms with van der Waals surface area (Å²) >= 11 is 3.34. The molecule has 8 heteroatoms. The Labute approximate surface area is 254 Å². The van der Waals surface area contributed by atoms with Crippen molar-refractivity contribution >= 4 is 28.0 Å². The Morgan fingerprint density at radius 1 is 1.02 bits per heavy atom. The minimum absolute atomic E-state index is 0.106. The highest BCUT2D eigenvalue weighted by Crippen LogP contribution is 2.40. The second-order valence-corrected chi connectivity index (χ2v) is 10.4. The predicted molar refractivity (Wildman–Crippen MR) is 171 cm³/mol. The SMILES string of the molecule is C=C.CC(/C=C/CCCCCC/C=C\C(=O)O)C/C=C/C#C/C=C/C(C)(C)C(O)c1cccc(O)c1Br.NC(=O)O. The number of carboxylic acids is 1. The molecule has 0 radical (unpaired) electrons. The van der Waals surface area contributed by atoms with Gasteiger partial charge in [-0.1, -0.05) is 88.0 Å². The zero-order valence-corrected chi connectivity index (χ0v) is 26.0. The van der Waals surface area contributed by atoms with Gasteiger partial charge in [0, 0.05) is 11.5 Å². The summed E-state index contributed by atoms with van der Waals surface area (Å²) in [5.41, 5.74) is 4.12. The van der Waals surface area contributed by atoms with E-state index in [0.29, 0.717) is 16.0 Å². The zero-order chi connectivity index (χ0) is 31.7. The van der Waals surface area contributed by atoms with E-state index in [9.17, 15) is 15.0 Å². The van der Waals surface area contributed by atoms with Crippen LogP contribution in [0.25, 0.3) is 0 Å². The maximum Gasteiger partial charge on any atom is 0.402 e. The summed E-state index contributed by atoms with van der Waals surface area (Å²) in [4.78, 5) is 19.2. The van der Waals surface area contributed by atoms with Crippen LogP contribution in [0.1, 0.15) is 77.4 Å². The number of hydrogen-bond acceptors (Lipinski definition) is 4. The second-order valence-electron chi connectivity index (χ2n) is 9.64. The lowest BCUT2D eigenvalue weighted by atomic mass is 9.82. The number of hydrogen-bond donors (Lipinski definition) is 5.